The third-order valence-corrected chi connectivity index (χ3v) is 13.7. The van der Waals surface area contributed by atoms with Crippen LogP contribution in [0.5, 0.6) is 0 Å². The van der Waals surface area contributed by atoms with Gasteiger partial charge in [0.2, 0.25) is 0 Å². The molecule has 226 valence electrons. The molecule has 6 aliphatic rings. The zero-order chi connectivity index (χ0) is 29.7. The summed E-state index contributed by atoms with van der Waals surface area (Å²) in [5, 5.41) is 0. The fourth-order valence-corrected chi connectivity index (χ4v) is 11.9. The van der Waals surface area contributed by atoms with E-state index in [1.54, 1.807) is 0 Å². The zero-order valence-electron chi connectivity index (χ0n) is 26.4. The van der Waals surface area contributed by atoms with Crippen molar-refractivity contribution >= 4 is 17.7 Å². The lowest BCUT2D eigenvalue weighted by molar-refractivity contribution is -0.162. The lowest BCUT2D eigenvalue weighted by Gasteiger charge is -2.61. The molecule has 12 unspecified atom stereocenters. The van der Waals surface area contributed by atoms with E-state index in [-0.39, 0.29) is 57.5 Å². The number of ketones is 1. The molecule has 0 N–H and O–H groups in total. The van der Waals surface area contributed by atoms with E-state index in [1.165, 1.54) is 25.8 Å². The van der Waals surface area contributed by atoms with Gasteiger partial charge in [0, 0.05) is 37.5 Å². The van der Waals surface area contributed by atoms with Crippen LogP contribution in [0.2, 0.25) is 0 Å². The average molecular weight is 567 g/mol. The first-order valence-corrected chi connectivity index (χ1v) is 16.2. The number of hydrogen-bond acceptors (Lipinski definition) is 6. The van der Waals surface area contributed by atoms with Gasteiger partial charge >= 0.3 is 11.9 Å². The van der Waals surface area contributed by atoms with Crippen molar-refractivity contribution in [3.63, 3.8) is 0 Å². The number of carbonyl (C=O) groups excluding carboxylic acids is 3. The van der Waals surface area contributed by atoms with Gasteiger partial charge in [0.1, 0.15) is 11.9 Å². The number of rotatable bonds is 6. The van der Waals surface area contributed by atoms with Crippen molar-refractivity contribution in [1.29, 1.82) is 0 Å². The Morgan fingerprint density at radius 2 is 1.83 bits per heavy atom. The summed E-state index contributed by atoms with van der Waals surface area (Å²) < 4.78 is 18.6. The average Bonchev–Trinajstić information content (AvgIpc) is 3.33. The standard InChI is InChI=1S/C35H50O6/c1-9-24-19(2)17-39-31(24)30(41-23(6)37)21(4)29-27(40-22(5)36)16-33(8)28-11-10-25-20(3)26(38)12-13-34(25)18-35(28,34)15-14-32(29,33)7/h12-13,19-21,25,27-30H,9-11,14-18H2,1-8H3. The molecular weight excluding hydrogens is 516 g/mol. The summed E-state index contributed by atoms with van der Waals surface area (Å²) in [5.41, 5.74) is 1.46. The van der Waals surface area contributed by atoms with E-state index in [0.29, 0.717) is 30.1 Å². The minimum atomic E-state index is -0.498. The van der Waals surface area contributed by atoms with E-state index >= 15 is 0 Å². The van der Waals surface area contributed by atoms with Gasteiger partial charge in [0.05, 0.1) is 6.61 Å². The van der Waals surface area contributed by atoms with Crippen molar-refractivity contribution in [2.24, 2.45) is 57.2 Å². The van der Waals surface area contributed by atoms with Crippen LogP contribution in [0.4, 0.5) is 0 Å². The van der Waals surface area contributed by atoms with Gasteiger partial charge in [0.15, 0.2) is 11.9 Å². The van der Waals surface area contributed by atoms with E-state index < -0.39 is 6.10 Å². The largest absolute Gasteiger partial charge is 0.493 e. The highest BCUT2D eigenvalue weighted by molar-refractivity contribution is 5.93. The molecule has 4 fully saturated rings. The SMILES string of the molecule is CCC1=C(C(OC(C)=O)C(C)C2C(OC(C)=O)CC3(C)C4CCC5C(C)C(=O)C=CC56CC46CCC23C)OCC1C. The predicted octanol–water partition coefficient (Wildman–Crippen LogP) is 6.82. The molecule has 0 aromatic carbocycles. The molecule has 6 heteroatoms. The Balaban J connectivity index is 1.41. The van der Waals surface area contributed by atoms with Gasteiger partial charge in [-0.2, -0.15) is 0 Å². The van der Waals surface area contributed by atoms with Gasteiger partial charge in [-0.15, -0.1) is 0 Å². The van der Waals surface area contributed by atoms with Crippen molar-refractivity contribution in [1.82, 2.24) is 0 Å². The third-order valence-electron chi connectivity index (χ3n) is 13.7. The summed E-state index contributed by atoms with van der Waals surface area (Å²) in [7, 11) is 0. The normalized spacial score (nSPS) is 47.4. The maximum absolute atomic E-state index is 12.7. The van der Waals surface area contributed by atoms with Gasteiger partial charge in [-0.1, -0.05) is 47.6 Å². The first kappa shape index (κ1) is 29.0. The van der Waals surface area contributed by atoms with Crippen LogP contribution in [0, 0.1) is 57.2 Å². The monoisotopic (exact) mass is 566 g/mol. The molecule has 0 amide bonds. The fraction of sp³-hybridized carbons (Fsp3) is 0.800. The quantitative estimate of drug-likeness (QED) is 0.328. The van der Waals surface area contributed by atoms with E-state index in [1.807, 2.05) is 6.08 Å². The summed E-state index contributed by atoms with van der Waals surface area (Å²) in [5.74, 6) is 1.85. The minimum Gasteiger partial charge on any atom is -0.493 e. The molecular formula is C35H50O6. The summed E-state index contributed by atoms with van der Waals surface area (Å²) >= 11 is 0. The molecule has 0 aromatic heterocycles. The van der Waals surface area contributed by atoms with Gasteiger partial charge in [0.25, 0.3) is 0 Å². The number of allylic oxidation sites excluding steroid dienone is 2. The Morgan fingerprint density at radius 1 is 1.10 bits per heavy atom. The summed E-state index contributed by atoms with van der Waals surface area (Å²) in [4.78, 5) is 37.7. The lowest BCUT2D eigenvalue weighted by atomic mass is 9.43. The second-order valence-electron chi connectivity index (χ2n) is 15.2. The van der Waals surface area contributed by atoms with E-state index in [0.717, 1.165) is 44.3 Å². The van der Waals surface area contributed by atoms with Crippen LogP contribution < -0.4 is 0 Å². The van der Waals surface area contributed by atoms with Gasteiger partial charge < -0.3 is 14.2 Å². The molecule has 0 aromatic rings. The summed E-state index contributed by atoms with van der Waals surface area (Å²) in [6.45, 7) is 17.2. The number of hydrogen-bond donors (Lipinski definition) is 0. The Kier molecular flexibility index (Phi) is 6.68. The highest BCUT2D eigenvalue weighted by Gasteiger charge is 2.81. The van der Waals surface area contributed by atoms with Crippen LogP contribution in [0.25, 0.3) is 0 Å². The fourth-order valence-electron chi connectivity index (χ4n) is 11.9. The summed E-state index contributed by atoms with van der Waals surface area (Å²) in [6.07, 6.45) is 10.7. The van der Waals surface area contributed by atoms with Crippen molar-refractivity contribution in [2.75, 3.05) is 6.61 Å². The molecule has 41 heavy (non-hydrogen) atoms. The maximum Gasteiger partial charge on any atom is 0.303 e. The van der Waals surface area contributed by atoms with Crippen molar-refractivity contribution in [3.8, 4) is 0 Å². The van der Waals surface area contributed by atoms with Gasteiger partial charge in [-0.05, 0) is 90.1 Å². The third kappa shape index (κ3) is 3.76. The maximum atomic E-state index is 12.7. The van der Waals surface area contributed by atoms with E-state index in [2.05, 4.69) is 47.6 Å². The number of carbonyl (C=O) groups is 3. The molecule has 6 rings (SSSR count). The minimum absolute atomic E-state index is 0.0260. The Hall–Kier alpha value is -2.11. The van der Waals surface area contributed by atoms with E-state index in [4.69, 9.17) is 14.2 Å². The van der Waals surface area contributed by atoms with E-state index in [9.17, 15) is 14.4 Å². The molecule has 4 saturated carbocycles. The molecule has 0 saturated heterocycles. The van der Waals surface area contributed by atoms with Crippen LogP contribution in [0.1, 0.15) is 100 Å². The van der Waals surface area contributed by atoms with Crippen molar-refractivity contribution in [2.45, 2.75) is 113 Å². The second kappa shape index (κ2) is 9.44. The van der Waals surface area contributed by atoms with Crippen LogP contribution in [-0.2, 0) is 28.6 Å². The molecule has 0 radical (unpaired) electrons. The van der Waals surface area contributed by atoms with Crippen LogP contribution in [0.15, 0.2) is 23.5 Å². The first-order chi connectivity index (χ1) is 19.3. The molecule has 2 spiro atoms. The van der Waals surface area contributed by atoms with Crippen molar-refractivity contribution in [3.05, 3.63) is 23.5 Å². The molecule has 5 aliphatic carbocycles. The number of fused-ring (bicyclic) bond motifs is 2. The van der Waals surface area contributed by atoms with Crippen LogP contribution in [-0.4, -0.2) is 36.5 Å². The molecule has 1 aliphatic heterocycles. The lowest BCUT2D eigenvalue weighted by Crippen LogP contribution is -2.55. The van der Waals surface area contributed by atoms with Crippen LogP contribution in [0.3, 0.4) is 0 Å². The van der Waals surface area contributed by atoms with Gasteiger partial charge in [-0.3, -0.25) is 14.4 Å². The molecule has 0 bridgehead atoms. The first-order valence-electron chi connectivity index (χ1n) is 16.2. The molecule has 12 atom stereocenters. The van der Waals surface area contributed by atoms with Gasteiger partial charge in [-0.25, -0.2) is 0 Å². The Morgan fingerprint density at radius 3 is 2.49 bits per heavy atom. The van der Waals surface area contributed by atoms with Crippen molar-refractivity contribution < 1.29 is 28.6 Å². The Labute approximate surface area is 246 Å². The molecule has 6 nitrogen and oxygen atoms in total. The zero-order valence-corrected chi connectivity index (χ0v) is 26.4. The second-order valence-corrected chi connectivity index (χ2v) is 15.2. The number of ether oxygens (including phenoxy) is 3. The highest BCUT2D eigenvalue weighted by Crippen LogP contribution is 2.87. The molecule has 1 heterocycles. The number of esters is 2. The highest BCUT2D eigenvalue weighted by atomic mass is 16.6. The Bertz CT molecular complexity index is 1220. The van der Waals surface area contributed by atoms with Crippen LogP contribution >= 0.6 is 0 Å². The predicted molar refractivity (Wildman–Crippen MR) is 155 cm³/mol. The topological polar surface area (TPSA) is 78.9 Å². The summed E-state index contributed by atoms with van der Waals surface area (Å²) in [6, 6.07) is 0. The smallest absolute Gasteiger partial charge is 0.303 e.